The van der Waals surface area contributed by atoms with Crippen LogP contribution in [0.4, 0.5) is 0 Å². The van der Waals surface area contributed by atoms with Gasteiger partial charge in [0.2, 0.25) is 0 Å². The lowest BCUT2D eigenvalue weighted by Crippen LogP contribution is -2.38. The Morgan fingerprint density at radius 1 is 1.07 bits per heavy atom. The number of H-pyrrole nitrogens is 1. The highest BCUT2D eigenvalue weighted by Gasteiger charge is 2.43. The molecule has 156 valence electrons. The number of carbonyl (C=O) groups is 1. The molecule has 0 radical (unpaired) electrons. The van der Waals surface area contributed by atoms with Crippen LogP contribution in [-0.4, -0.2) is 55.2 Å². The molecule has 0 aliphatic carbocycles. The number of hydrogen-bond donors (Lipinski definition) is 1. The molecule has 2 aromatic carbocycles. The molecular formula is C22H22BrN3O4. The molecule has 1 N–H and O–H groups in total. The van der Waals surface area contributed by atoms with Gasteiger partial charge in [-0.05, 0) is 29.8 Å². The Hall–Kier alpha value is -2.68. The van der Waals surface area contributed by atoms with Gasteiger partial charge < -0.3 is 19.1 Å². The molecule has 3 aromatic rings. The molecule has 4 rings (SSSR count). The fraction of sp³-hybridized carbons (Fsp3) is 0.273. The van der Waals surface area contributed by atoms with Gasteiger partial charge in [-0.3, -0.25) is 9.89 Å². The van der Waals surface area contributed by atoms with Gasteiger partial charge in [0.05, 0.1) is 25.4 Å². The number of rotatable bonds is 7. The van der Waals surface area contributed by atoms with E-state index in [9.17, 15) is 4.79 Å². The summed E-state index contributed by atoms with van der Waals surface area (Å²) in [6, 6.07) is 15.2. The van der Waals surface area contributed by atoms with Crippen molar-refractivity contribution in [1.29, 1.82) is 0 Å². The van der Waals surface area contributed by atoms with Gasteiger partial charge in [0.15, 0.2) is 6.29 Å². The highest BCUT2D eigenvalue weighted by molar-refractivity contribution is 9.10. The summed E-state index contributed by atoms with van der Waals surface area (Å²) in [5, 5.41) is 7.43. The number of benzene rings is 2. The van der Waals surface area contributed by atoms with E-state index in [0.29, 0.717) is 5.69 Å². The van der Waals surface area contributed by atoms with Gasteiger partial charge in [-0.25, -0.2) is 0 Å². The van der Waals surface area contributed by atoms with Crippen molar-refractivity contribution in [3.8, 4) is 17.0 Å². The maximum atomic E-state index is 13.3. The second kappa shape index (κ2) is 8.59. The number of aromatic amines is 1. The van der Waals surface area contributed by atoms with E-state index >= 15 is 0 Å². The molecule has 8 heteroatoms. The average molecular weight is 472 g/mol. The maximum absolute atomic E-state index is 13.3. The predicted octanol–water partition coefficient (Wildman–Crippen LogP) is 4.01. The van der Waals surface area contributed by atoms with Gasteiger partial charge in [0.25, 0.3) is 5.91 Å². The summed E-state index contributed by atoms with van der Waals surface area (Å²) in [4.78, 5) is 15.0. The Bertz CT molecular complexity index is 1030. The number of halogens is 1. The molecule has 0 fully saturated rings. The first-order valence-electron chi connectivity index (χ1n) is 9.42. The SMILES string of the molecule is COc1ccc(C2c3c(-c4ccc(Br)cc4)n[nH]c3C(=O)N2CC(OC)OC)cc1. The van der Waals surface area contributed by atoms with E-state index in [4.69, 9.17) is 14.2 Å². The van der Waals surface area contributed by atoms with Gasteiger partial charge in [0, 0.05) is 29.8 Å². The summed E-state index contributed by atoms with van der Waals surface area (Å²) in [6.45, 7) is 0.283. The third-order valence-electron chi connectivity index (χ3n) is 5.28. The molecule has 1 aromatic heterocycles. The number of fused-ring (bicyclic) bond motifs is 1. The fourth-order valence-corrected chi connectivity index (χ4v) is 4.02. The van der Waals surface area contributed by atoms with Crippen LogP contribution in [0.15, 0.2) is 53.0 Å². The zero-order valence-corrected chi connectivity index (χ0v) is 18.5. The van der Waals surface area contributed by atoms with Crippen LogP contribution in [0.5, 0.6) is 5.75 Å². The lowest BCUT2D eigenvalue weighted by atomic mass is 9.96. The van der Waals surface area contributed by atoms with Crippen molar-refractivity contribution < 1.29 is 19.0 Å². The highest BCUT2D eigenvalue weighted by atomic mass is 79.9. The molecular weight excluding hydrogens is 450 g/mol. The average Bonchev–Trinajstić information content (AvgIpc) is 3.32. The molecule has 1 unspecified atom stereocenters. The highest BCUT2D eigenvalue weighted by Crippen LogP contribution is 2.43. The van der Waals surface area contributed by atoms with E-state index in [-0.39, 0.29) is 18.5 Å². The van der Waals surface area contributed by atoms with Gasteiger partial charge in [-0.1, -0.05) is 40.2 Å². The van der Waals surface area contributed by atoms with Crippen molar-refractivity contribution in [3.63, 3.8) is 0 Å². The summed E-state index contributed by atoms with van der Waals surface area (Å²) in [5.41, 5.74) is 3.96. The van der Waals surface area contributed by atoms with Crippen molar-refractivity contribution >= 4 is 21.8 Å². The molecule has 30 heavy (non-hydrogen) atoms. The summed E-state index contributed by atoms with van der Waals surface area (Å²) in [6.07, 6.45) is -0.539. The number of methoxy groups -OCH3 is 3. The maximum Gasteiger partial charge on any atom is 0.273 e. The van der Waals surface area contributed by atoms with Crippen molar-refractivity contribution in [2.45, 2.75) is 12.3 Å². The topological polar surface area (TPSA) is 76.7 Å². The number of ether oxygens (including phenoxy) is 3. The van der Waals surface area contributed by atoms with Crippen LogP contribution in [0.3, 0.4) is 0 Å². The monoisotopic (exact) mass is 471 g/mol. The first-order chi connectivity index (χ1) is 14.6. The summed E-state index contributed by atoms with van der Waals surface area (Å²) in [5.74, 6) is 0.614. The number of hydrogen-bond acceptors (Lipinski definition) is 5. The quantitative estimate of drug-likeness (QED) is 0.526. The van der Waals surface area contributed by atoms with E-state index in [1.54, 1.807) is 26.2 Å². The Morgan fingerprint density at radius 2 is 1.73 bits per heavy atom. The van der Waals surface area contributed by atoms with E-state index in [0.717, 1.165) is 32.6 Å². The standard InChI is InChI=1S/C22H22BrN3O4/c1-28-16-10-6-14(7-11-16)21-18-19(13-4-8-15(23)9-5-13)24-25-20(18)22(27)26(21)12-17(29-2)30-3/h4-11,17,21H,12H2,1-3H3,(H,24,25). The summed E-state index contributed by atoms with van der Waals surface area (Å²) in [7, 11) is 4.75. The van der Waals surface area contributed by atoms with Crippen LogP contribution < -0.4 is 4.74 Å². The van der Waals surface area contributed by atoms with Crippen LogP contribution in [0.25, 0.3) is 11.3 Å². The zero-order valence-electron chi connectivity index (χ0n) is 16.9. The number of carbonyl (C=O) groups excluding carboxylic acids is 1. The van der Waals surface area contributed by atoms with Crippen molar-refractivity contribution in [2.75, 3.05) is 27.9 Å². The predicted molar refractivity (Wildman–Crippen MR) is 115 cm³/mol. The van der Waals surface area contributed by atoms with E-state index in [1.807, 2.05) is 48.5 Å². The first kappa shape index (κ1) is 20.6. The number of nitrogens with zero attached hydrogens (tertiary/aromatic N) is 2. The molecule has 0 bridgehead atoms. The third kappa shape index (κ3) is 3.62. The molecule has 1 aliphatic heterocycles. The van der Waals surface area contributed by atoms with Gasteiger partial charge in [0.1, 0.15) is 11.4 Å². The fourth-order valence-electron chi connectivity index (χ4n) is 3.75. The molecule has 2 heterocycles. The Morgan fingerprint density at radius 3 is 2.33 bits per heavy atom. The molecule has 0 saturated heterocycles. The van der Waals surface area contributed by atoms with Crippen LogP contribution >= 0.6 is 15.9 Å². The van der Waals surface area contributed by atoms with Gasteiger partial charge in [-0.15, -0.1) is 0 Å². The van der Waals surface area contributed by atoms with Gasteiger partial charge >= 0.3 is 0 Å². The van der Waals surface area contributed by atoms with Crippen LogP contribution in [-0.2, 0) is 9.47 Å². The normalized spacial score (nSPS) is 15.7. The summed E-state index contributed by atoms with van der Waals surface area (Å²) < 4.78 is 17.0. The van der Waals surface area contributed by atoms with Crippen LogP contribution in [0.1, 0.15) is 27.7 Å². The number of aromatic nitrogens is 2. The second-order valence-electron chi connectivity index (χ2n) is 6.90. The minimum absolute atomic E-state index is 0.138. The number of nitrogens with one attached hydrogen (secondary N) is 1. The Kier molecular flexibility index (Phi) is 5.90. The minimum Gasteiger partial charge on any atom is -0.497 e. The molecule has 1 aliphatic rings. The molecule has 7 nitrogen and oxygen atoms in total. The van der Waals surface area contributed by atoms with Crippen molar-refractivity contribution in [2.24, 2.45) is 0 Å². The van der Waals surface area contributed by atoms with Crippen molar-refractivity contribution in [3.05, 3.63) is 69.8 Å². The molecule has 0 saturated carbocycles. The lowest BCUT2D eigenvalue weighted by molar-refractivity contribution is -0.113. The number of amides is 1. The van der Waals surface area contributed by atoms with E-state index in [1.165, 1.54) is 0 Å². The smallest absolute Gasteiger partial charge is 0.273 e. The largest absolute Gasteiger partial charge is 0.497 e. The zero-order chi connectivity index (χ0) is 21.3. The van der Waals surface area contributed by atoms with Crippen LogP contribution in [0, 0.1) is 0 Å². The molecule has 1 amide bonds. The Balaban J connectivity index is 1.83. The van der Waals surface area contributed by atoms with E-state index in [2.05, 4.69) is 26.1 Å². The third-order valence-corrected chi connectivity index (χ3v) is 5.81. The second-order valence-corrected chi connectivity index (χ2v) is 7.82. The Labute approximate surface area is 183 Å². The van der Waals surface area contributed by atoms with E-state index < -0.39 is 6.29 Å². The lowest BCUT2D eigenvalue weighted by Gasteiger charge is -2.29. The molecule has 1 atom stereocenters. The van der Waals surface area contributed by atoms with Crippen molar-refractivity contribution in [1.82, 2.24) is 15.1 Å². The van der Waals surface area contributed by atoms with Crippen LogP contribution in [0.2, 0.25) is 0 Å². The first-order valence-corrected chi connectivity index (χ1v) is 10.2. The van der Waals surface area contributed by atoms with Gasteiger partial charge in [-0.2, -0.15) is 5.10 Å². The molecule has 0 spiro atoms. The summed E-state index contributed by atoms with van der Waals surface area (Å²) >= 11 is 3.47. The minimum atomic E-state index is -0.539.